The fourth-order valence-electron chi connectivity index (χ4n) is 1.08. The molecule has 2 N–H and O–H groups in total. The Kier molecular flexibility index (Phi) is 2.30. The van der Waals surface area contributed by atoms with Crippen molar-refractivity contribution in [2.45, 2.75) is 6.18 Å². The molecule has 2 aromatic rings. The van der Waals surface area contributed by atoms with E-state index in [-0.39, 0.29) is 5.89 Å². The number of alkyl halides is 3. The van der Waals surface area contributed by atoms with Gasteiger partial charge in [-0.1, -0.05) is 0 Å². The van der Waals surface area contributed by atoms with Crippen molar-refractivity contribution >= 4 is 5.69 Å². The van der Waals surface area contributed by atoms with Crippen molar-refractivity contribution < 1.29 is 17.6 Å². The van der Waals surface area contributed by atoms with Gasteiger partial charge in [0.15, 0.2) is 0 Å². The van der Waals surface area contributed by atoms with Gasteiger partial charge in [0.25, 0.3) is 0 Å². The van der Waals surface area contributed by atoms with Crippen LogP contribution in [0.4, 0.5) is 18.9 Å². The standard InChI is InChI=1S/C9H6F3N3O/c10-9(11,12)8-15-14-7(16-8)5-1-3-6(13)4-2-5/h1-4H,13H2. The molecule has 0 amide bonds. The van der Waals surface area contributed by atoms with Gasteiger partial charge in [-0.05, 0) is 24.3 Å². The normalized spacial score (nSPS) is 11.7. The first-order valence-electron chi connectivity index (χ1n) is 4.23. The lowest BCUT2D eigenvalue weighted by Crippen LogP contribution is -2.04. The van der Waals surface area contributed by atoms with E-state index in [2.05, 4.69) is 14.6 Å². The van der Waals surface area contributed by atoms with Gasteiger partial charge in [0.05, 0.1) is 0 Å². The molecule has 1 aromatic carbocycles. The number of nitrogens with zero attached hydrogens (tertiary/aromatic N) is 2. The molecule has 7 heteroatoms. The Morgan fingerprint density at radius 3 is 2.19 bits per heavy atom. The lowest BCUT2D eigenvalue weighted by molar-refractivity contribution is -0.156. The second-order valence-corrected chi connectivity index (χ2v) is 3.03. The molecule has 0 spiro atoms. The zero-order chi connectivity index (χ0) is 11.8. The van der Waals surface area contributed by atoms with E-state index >= 15 is 0 Å². The molecule has 16 heavy (non-hydrogen) atoms. The van der Waals surface area contributed by atoms with E-state index in [1.165, 1.54) is 24.3 Å². The zero-order valence-electron chi connectivity index (χ0n) is 7.82. The van der Waals surface area contributed by atoms with E-state index in [0.29, 0.717) is 11.3 Å². The van der Waals surface area contributed by atoms with Gasteiger partial charge in [0.1, 0.15) is 0 Å². The smallest absolute Gasteiger partial charge is 0.413 e. The molecular formula is C9H6F3N3O. The topological polar surface area (TPSA) is 64.9 Å². The predicted octanol–water partition coefficient (Wildman–Crippen LogP) is 2.34. The van der Waals surface area contributed by atoms with Crippen molar-refractivity contribution in [2.24, 2.45) is 0 Å². The lowest BCUT2D eigenvalue weighted by Gasteiger charge is -1.98. The van der Waals surface area contributed by atoms with Gasteiger partial charge >= 0.3 is 12.1 Å². The van der Waals surface area contributed by atoms with Crippen LogP contribution >= 0.6 is 0 Å². The van der Waals surface area contributed by atoms with Crippen LogP contribution in [0, 0.1) is 0 Å². The van der Waals surface area contributed by atoms with Crippen LogP contribution in [0.3, 0.4) is 0 Å². The van der Waals surface area contributed by atoms with E-state index in [9.17, 15) is 13.2 Å². The van der Waals surface area contributed by atoms with E-state index in [1.807, 2.05) is 0 Å². The fourth-order valence-corrected chi connectivity index (χ4v) is 1.08. The van der Waals surface area contributed by atoms with Crippen molar-refractivity contribution in [2.75, 3.05) is 5.73 Å². The molecule has 0 radical (unpaired) electrons. The highest BCUT2D eigenvalue weighted by Crippen LogP contribution is 2.30. The highest BCUT2D eigenvalue weighted by molar-refractivity contribution is 5.56. The van der Waals surface area contributed by atoms with Gasteiger partial charge in [-0.15, -0.1) is 10.2 Å². The van der Waals surface area contributed by atoms with Crippen LogP contribution in [0.25, 0.3) is 11.5 Å². The van der Waals surface area contributed by atoms with Gasteiger partial charge in [-0.2, -0.15) is 13.2 Å². The molecule has 0 aliphatic carbocycles. The number of nitrogen functional groups attached to an aromatic ring is 1. The summed E-state index contributed by atoms with van der Waals surface area (Å²) in [5.41, 5.74) is 6.32. The Labute approximate surface area is 87.9 Å². The number of aromatic nitrogens is 2. The number of rotatable bonds is 1. The second kappa shape index (κ2) is 3.51. The maximum atomic E-state index is 12.2. The van der Waals surface area contributed by atoms with E-state index in [1.54, 1.807) is 0 Å². The average molecular weight is 229 g/mol. The molecule has 0 aliphatic heterocycles. The molecule has 2 rings (SSSR count). The molecule has 1 heterocycles. The Bertz CT molecular complexity index is 489. The van der Waals surface area contributed by atoms with Crippen LogP contribution in [0.2, 0.25) is 0 Å². The molecule has 0 fully saturated rings. The Morgan fingerprint density at radius 2 is 1.69 bits per heavy atom. The average Bonchev–Trinajstić information content (AvgIpc) is 2.67. The van der Waals surface area contributed by atoms with Crippen LogP contribution in [0.1, 0.15) is 5.89 Å². The van der Waals surface area contributed by atoms with Gasteiger partial charge in [-0.3, -0.25) is 0 Å². The highest BCUT2D eigenvalue weighted by atomic mass is 19.4. The van der Waals surface area contributed by atoms with Crippen LogP contribution < -0.4 is 5.73 Å². The van der Waals surface area contributed by atoms with Crippen molar-refractivity contribution in [3.05, 3.63) is 30.2 Å². The molecule has 0 unspecified atom stereocenters. The molecule has 0 saturated carbocycles. The summed E-state index contributed by atoms with van der Waals surface area (Å²) < 4.78 is 41.0. The van der Waals surface area contributed by atoms with Crippen molar-refractivity contribution in [3.8, 4) is 11.5 Å². The highest BCUT2D eigenvalue weighted by Gasteiger charge is 2.38. The van der Waals surface area contributed by atoms with Gasteiger partial charge in [0.2, 0.25) is 5.89 Å². The third-order valence-electron chi connectivity index (χ3n) is 1.83. The fraction of sp³-hybridized carbons (Fsp3) is 0.111. The molecule has 0 saturated heterocycles. The summed E-state index contributed by atoms with van der Waals surface area (Å²) in [6, 6.07) is 6.07. The van der Waals surface area contributed by atoms with Crippen LogP contribution in [0.5, 0.6) is 0 Å². The van der Waals surface area contributed by atoms with E-state index in [4.69, 9.17) is 5.73 Å². The minimum absolute atomic E-state index is 0.188. The molecule has 1 aromatic heterocycles. The molecule has 0 aliphatic rings. The minimum Gasteiger partial charge on any atom is -0.413 e. The quantitative estimate of drug-likeness (QED) is 0.762. The van der Waals surface area contributed by atoms with Crippen molar-refractivity contribution in [1.82, 2.24) is 10.2 Å². The molecule has 0 bridgehead atoms. The Balaban J connectivity index is 2.35. The van der Waals surface area contributed by atoms with Crippen LogP contribution in [0.15, 0.2) is 28.7 Å². The third kappa shape index (κ3) is 1.97. The van der Waals surface area contributed by atoms with Crippen molar-refractivity contribution in [1.29, 1.82) is 0 Å². The Morgan fingerprint density at radius 1 is 1.06 bits per heavy atom. The number of benzene rings is 1. The first-order valence-corrected chi connectivity index (χ1v) is 4.23. The first kappa shape index (κ1) is 10.5. The van der Waals surface area contributed by atoms with Gasteiger partial charge < -0.3 is 10.2 Å². The summed E-state index contributed by atoms with van der Waals surface area (Å²) in [5, 5.41) is 6.22. The lowest BCUT2D eigenvalue weighted by atomic mass is 10.2. The summed E-state index contributed by atoms with van der Waals surface area (Å²) in [5.74, 6) is -1.55. The van der Waals surface area contributed by atoms with Crippen molar-refractivity contribution in [3.63, 3.8) is 0 Å². The summed E-state index contributed by atoms with van der Waals surface area (Å²) in [6.45, 7) is 0. The third-order valence-corrected chi connectivity index (χ3v) is 1.83. The zero-order valence-corrected chi connectivity index (χ0v) is 7.82. The number of hydrogen-bond acceptors (Lipinski definition) is 4. The van der Waals surface area contributed by atoms with Crippen LogP contribution in [-0.2, 0) is 6.18 Å². The monoisotopic (exact) mass is 229 g/mol. The molecule has 4 nitrogen and oxygen atoms in total. The first-order chi connectivity index (χ1) is 7.47. The maximum Gasteiger partial charge on any atom is 0.470 e. The predicted molar refractivity (Wildman–Crippen MR) is 49.1 cm³/mol. The number of anilines is 1. The number of hydrogen-bond donors (Lipinski definition) is 1. The van der Waals surface area contributed by atoms with Gasteiger partial charge in [-0.25, -0.2) is 0 Å². The molecular weight excluding hydrogens is 223 g/mol. The summed E-state index contributed by atoms with van der Waals surface area (Å²) in [4.78, 5) is 0. The Hall–Kier alpha value is -2.05. The summed E-state index contributed by atoms with van der Waals surface area (Å²) in [6.07, 6.45) is -4.63. The second-order valence-electron chi connectivity index (χ2n) is 3.03. The van der Waals surface area contributed by atoms with Crippen LogP contribution in [-0.4, -0.2) is 10.2 Å². The summed E-state index contributed by atoms with van der Waals surface area (Å²) in [7, 11) is 0. The SMILES string of the molecule is Nc1ccc(-c2nnc(C(F)(F)F)o2)cc1. The number of nitrogens with two attached hydrogens (primary N) is 1. The maximum absolute atomic E-state index is 12.2. The number of halogens is 3. The van der Waals surface area contributed by atoms with E-state index in [0.717, 1.165) is 0 Å². The summed E-state index contributed by atoms with van der Waals surface area (Å²) >= 11 is 0. The molecule has 0 atom stereocenters. The largest absolute Gasteiger partial charge is 0.470 e. The minimum atomic E-state index is -4.63. The van der Waals surface area contributed by atoms with E-state index < -0.39 is 12.1 Å². The molecule has 84 valence electrons. The van der Waals surface area contributed by atoms with Gasteiger partial charge in [0, 0.05) is 11.3 Å².